The normalized spacial score (nSPS) is 18.2. The summed E-state index contributed by atoms with van der Waals surface area (Å²) in [7, 11) is 4.14. The summed E-state index contributed by atoms with van der Waals surface area (Å²) in [5, 5.41) is 5.57. The van der Waals surface area contributed by atoms with Crippen molar-refractivity contribution in [3.63, 3.8) is 0 Å². The van der Waals surface area contributed by atoms with Crippen LogP contribution in [0.4, 0.5) is 0 Å². The largest absolute Gasteiger partial charge is 0.353 e. The number of nitrogens with two attached hydrogens (primary N) is 1. The van der Waals surface area contributed by atoms with Gasteiger partial charge in [0.25, 0.3) is 0 Å². The molecule has 0 radical (unpaired) electrons. The first-order valence-electron chi connectivity index (χ1n) is 8.26. The zero-order chi connectivity index (χ0) is 16.8. The number of amides is 2. The molecule has 4 N–H and O–H groups in total. The van der Waals surface area contributed by atoms with Gasteiger partial charge in [0.2, 0.25) is 11.8 Å². The van der Waals surface area contributed by atoms with Crippen LogP contribution in [0, 0.1) is 5.92 Å². The summed E-state index contributed by atoms with van der Waals surface area (Å²) in [5.74, 6) is -0.372. The van der Waals surface area contributed by atoms with E-state index in [1.165, 1.54) is 19.3 Å². The van der Waals surface area contributed by atoms with Crippen molar-refractivity contribution in [2.24, 2.45) is 11.7 Å². The Hall–Kier alpha value is -0.850. The fourth-order valence-electron chi connectivity index (χ4n) is 2.91. The van der Waals surface area contributed by atoms with E-state index in [0.29, 0.717) is 6.54 Å². The molecule has 1 atom stereocenters. The van der Waals surface area contributed by atoms with Crippen LogP contribution in [0.5, 0.6) is 0 Å². The van der Waals surface area contributed by atoms with Gasteiger partial charge in [0.05, 0.1) is 12.6 Å². The number of carbonyl (C=O) groups excluding carboxylic acids is 2. The third kappa shape index (κ3) is 6.65. The number of nitrogens with one attached hydrogen (secondary N) is 2. The van der Waals surface area contributed by atoms with E-state index in [9.17, 15) is 9.59 Å². The lowest BCUT2D eigenvalue weighted by molar-refractivity contribution is -0.127. The molecular weight excluding hydrogens is 316 g/mol. The van der Waals surface area contributed by atoms with E-state index < -0.39 is 6.04 Å². The number of hydrogen-bond donors (Lipinski definition) is 3. The quantitative estimate of drug-likeness (QED) is 0.637. The summed E-state index contributed by atoms with van der Waals surface area (Å²) in [6.45, 7) is 4.39. The van der Waals surface area contributed by atoms with E-state index in [-0.39, 0.29) is 42.2 Å². The van der Waals surface area contributed by atoms with Crippen molar-refractivity contribution in [3.05, 3.63) is 0 Å². The second-order valence-electron chi connectivity index (χ2n) is 6.94. The Morgan fingerprint density at radius 2 is 1.70 bits per heavy atom. The van der Waals surface area contributed by atoms with E-state index in [2.05, 4.69) is 29.6 Å². The zero-order valence-corrected chi connectivity index (χ0v) is 15.7. The average molecular weight is 349 g/mol. The van der Waals surface area contributed by atoms with Gasteiger partial charge in [0.1, 0.15) is 0 Å². The molecule has 1 aliphatic rings. The fraction of sp³-hybridized carbons (Fsp3) is 0.875. The van der Waals surface area contributed by atoms with Gasteiger partial charge in [-0.2, -0.15) is 0 Å². The molecule has 6 nitrogen and oxygen atoms in total. The summed E-state index contributed by atoms with van der Waals surface area (Å²) in [6.07, 6.45) is 5.88. The van der Waals surface area contributed by atoms with E-state index >= 15 is 0 Å². The topological polar surface area (TPSA) is 87.5 Å². The van der Waals surface area contributed by atoms with Gasteiger partial charge < -0.3 is 21.3 Å². The van der Waals surface area contributed by atoms with Crippen LogP contribution < -0.4 is 16.4 Å². The minimum atomic E-state index is -0.570. The molecule has 136 valence electrons. The summed E-state index contributed by atoms with van der Waals surface area (Å²) >= 11 is 0. The standard InChI is InChI=1S/C16H32N4O2.ClH/c1-12(2)14(17)15(22)18-10-13(21)19-11-16(20(3)4)8-6-5-7-9-16;/h12,14H,5-11,17H2,1-4H3,(H,18,22)(H,19,21);1H/t14-;/m0./s1. The van der Waals surface area contributed by atoms with E-state index in [0.717, 1.165) is 12.8 Å². The lowest BCUT2D eigenvalue weighted by Crippen LogP contribution is -2.55. The first-order valence-corrected chi connectivity index (χ1v) is 8.26. The second kappa shape index (κ2) is 10.1. The van der Waals surface area contributed by atoms with Crippen LogP contribution in [-0.4, -0.2) is 55.5 Å². The van der Waals surface area contributed by atoms with E-state index in [1.807, 2.05) is 13.8 Å². The Morgan fingerprint density at radius 3 is 2.17 bits per heavy atom. The first kappa shape index (κ1) is 22.1. The second-order valence-corrected chi connectivity index (χ2v) is 6.94. The van der Waals surface area contributed by atoms with Crippen molar-refractivity contribution in [2.45, 2.75) is 57.5 Å². The highest BCUT2D eigenvalue weighted by Crippen LogP contribution is 2.31. The Labute approximate surface area is 146 Å². The summed E-state index contributed by atoms with van der Waals surface area (Å²) in [5.41, 5.74) is 5.80. The molecule has 0 aromatic heterocycles. The van der Waals surface area contributed by atoms with Crippen molar-refractivity contribution in [1.82, 2.24) is 15.5 Å². The van der Waals surface area contributed by atoms with Gasteiger partial charge in [-0.05, 0) is 32.9 Å². The smallest absolute Gasteiger partial charge is 0.239 e. The molecule has 0 aromatic carbocycles. The Balaban J connectivity index is 0.00000484. The van der Waals surface area contributed by atoms with Gasteiger partial charge in [0.15, 0.2) is 0 Å². The van der Waals surface area contributed by atoms with Gasteiger partial charge >= 0.3 is 0 Å². The molecule has 0 aliphatic heterocycles. The van der Waals surface area contributed by atoms with Crippen LogP contribution in [0.2, 0.25) is 0 Å². The molecule has 1 rings (SSSR count). The third-order valence-electron chi connectivity index (χ3n) is 4.79. The maximum absolute atomic E-state index is 12.0. The molecule has 1 saturated carbocycles. The molecule has 0 heterocycles. The van der Waals surface area contributed by atoms with Crippen LogP contribution in [0.1, 0.15) is 46.0 Å². The average Bonchev–Trinajstić information content (AvgIpc) is 2.50. The molecular formula is C16H33ClN4O2. The lowest BCUT2D eigenvalue weighted by Gasteiger charge is -2.43. The SMILES string of the molecule is CC(C)[C@H](N)C(=O)NCC(=O)NCC1(N(C)C)CCCCC1.Cl. The Morgan fingerprint density at radius 1 is 1.13 bits per heavy atom. The highest BCUT2D eigenvalue weighted by Gasteiger charge is 2.34. The lowest BCUT2D eigenvalue weighted by atomic mass is 9.80. The molecule has 0 unspecified atom stereocenters. The van der Waals surface area contributed by atoms with Crippen LogP contribution >= 0.6 is 12.4 Å². The van der Waals surface area contributed by atoms with Crippen LogP contribution in [-0.2, 0) is 9.59 Å². The van der Waals surface area contributed by atoms with Crippen LogP contribution in [0.15, 0.2) is 0 Å². The number of nitrogens with zero attached hydrogens (tertiary/aromatic N) is 1. The van der Waals surface area contributed by atoms with E-state index in [4.69, 9.17) is 5.73 Å². The number of halogens is 1. The van der Waals surface area contributed by atoms with Crippen molar-refractivity contribution in [2.75, 3.05) is 27.2 Å². The van der Waals surface area contributed by atoms with Gasteiger partial charge in [0, 0.05) is 12.1 Å². The molecule has 0 bridgehead atoms. The van der Waals surface area contributed by atoms with Crippen molar-refractivity contribution in [3.8, 4) is 0 Å². The predicted octanol–water partition coefficient (Wildman–Crippen LogP) is 0.888. The molecule has 23 heavy (non-hydrogen) atoms. The predicted molar refractivity (Wildman–Crippen MR) is 95.6 cm³/mol. The third-order valence-corrected chi connectivity index (χ3v) is 4.79. The highest BCUT2D eigenvalue weighted by atomic mass is 35.5. The minimum absolute atomic E-state index is 0. The molecule has 0 aromatic rings. The van der Waals surface area contributed by atoms with E-state index in [1.54, 1.807) is 0 Å². The number of hydrogen-bond acceptors (Lipinski definition) is 4. The molecule has 1 aliphatic carbocycles. The molecule has 0 saturated heterocycles. The van der Waals surface area contributed by atoms with Crippen molar-refractivity contribution in [1.29, 1.82) is 0 Å². The first-order chi connectivity index (χ1) is 10.3. The van der Waals surface area contributed by atoms with Gasteiger partial charge in [-0.15, -0.1) is 12.4 Å². The van der Waals surface area contributed by atoms with Crippen LogP contribution in [0.3, 0.4) is 0 Å². The Kier molecular flexibility index (Phi) is 9.73. The molecule has 2 amide bonds. The number of rotatable bonds is 7. The highest BCUT2D eigenvalue weighted by molar-refractivity contribution is 5.87. The molecule has 1 fully saturated rings. The minimum Gasteiger partial charge on any atom is -0.353 e. The summed E-state index contributed by atoms with van der Waals surface area (Å²) in [4.78, 5) is 25.9. The maximum Gasteiger partial charge on any atom is 0.239 e. The van der Waals surface area contributed by atoms with Crippen molar-refractivity contribution >= 4 is 24.2 Å². The monoisotopic (exact) mass is 348 g/mol. The fourth-order valence-corrected chi connectivity index (χ4v) is 2.91. The summed E-state index contributed by atoms with van der Waals surface area (Å²) in [6, 6.07) is -0.570. The number of carbonyl (C=O) groups is 2. The summed E-state index contributed by atoms with van der Waals surface area (Å²) < 4.78 is 0. The van der Waals surface area contributed by atoms with Gasteiger partial charge in [-0.25, -0.2) is 0 Å². The van der Waals surface area contributed by atoms with Crippen LogP contribution in [0.25, 0.3) is 0 Å². The molecule has 0 spiro atoms. The van der Waals surface area contributed by atoms with Gasteiger partial charge in [-0.1, -0.05) is 33.1 Å². The maximum atomic E-state index is 12.0. The van der Waals surface area contributed by atoms with Gasteiger partial charge in [-0.3, -0.25) is 9.59 Å². The number of likely N-dealkylation sites (N-methyl/N-ethyl adjacent to an activating group) is 1. The molecule has 7 heteroatoms. The zero-order valence-electron chi connectivity index (χ0n) is 14.9. The Bertz CT molecular complexity index is 382. The van der Waals surface area contributed by atoms with Crippen molar-refractivity contribution < 1.29 is 9.59 Å².